The van der Waals surface area contributed by atoms with Gasteiger partial charge in [-0.1, -0.05) is 0 Å². The Morgan fingerprint density at radius 1 is 1.50 bits per heavy atom. The minimum atomic E-state index is -3.57. The summed E-state index contributed by atoms with van der Waals surface area (Å²) in [7, 11) is -1.92. The number of aromatic carboxylic acids is 1. The number of rotatable bonds is 5. The Bertz CT molecular complexity index is 572. The molecule has 1 aliphatic rings. The van der Waals surface area contributed by atoms with Crippen molar-refractivity contribution in [1.29, 1.82) is 0 Å². The highest BCUT2D eigenvalue weighted by Crippen LogP contribution is 2.27. The fourth-order valence-electron chi connectivity index (χ4n) is 2.24. The summed E-state index contributed by atoms with van der Waals surface area (Å²) in [6, 6.07) is 1.23. The van der Waals surface area contributed by atoms with Crippen LogP contribution in [0.25, 0.3) is 0 Å². The molecular weight excluding hydrogens is 302 g/mol. The summed E-state index contributed by atoms with van der Waals surface area (Å²) < 4.78 is 31.4. The van der Waals surface area contributed by atoms with Gasteiger partial charge in [-0.3, -0.25) is 0 Å². The zero-order chi connectivity index (χ0) is 14.8. The highest BCUT2D eigenvalue weighted by molar-refractivity contribution is 7.91. The predicted octanol–water partition coefficient (Wildman–Crippen LogP) is 1.49. The molecule has 0 spiro atoms. The molecule has 1 fully saturated rings. The molecule has 0 aliphatic carbocycles. The third-order valence-electron chi connectivity index (χ3n) is 3.39. The van der Waals surface area contributed by atoms with Crippen LogP contribution >= 0.6 is 11.3 Å². The van der Waals surface area contributed by atoms with Crippen LogP contribution < -0.4 is 0 Å². The van der Waals surface area contributed by atoms with E-state index in [0.29, 0.717) is 25.6 Å². The molecule has 8 heteroatoms. The van der Waals surface area contributed by atoms with E-state index in [1.54, 1.807) is 7.11 Å². The largest absolute Gasteiger partial charge is 0.478 e. The number of sulfonamides is 1. The van der Waals surface area contributed by atoms with Crippen LogP contribution in [-0.2, 0) is 14.8 Å². The van der Waals surface area contributed by atoms with Crippen molar-refractivity contribution in [2.75, 3.05) is 26.8 Å². The van der Waals surface area contributed by atoms with Crippen molar-refractivity contribution >= 4 is 27.3 Å². The molecule has 112 valence electrons. The summed E-state index contributed by atoms with van der Waals surface area (Å²) in [4.78, 5) is 10.8. The van der Waals surface area contributed by atoms with Gasteiger partial charge in [-0.25, -0.2) is 13.2 Å². The molecule has 0 amide bonds. The normalized spacial score (nSPS) is 18.2. The molecule has 1 aromatic heterocycles. The first kappa shape index (κ1) is 15.4. The first-order chi connectivity index (χ1) is 9.45. The van der Waals surface area contributed by atoms with E-state index in [1.165, 1.54) is 15.8 Å². The van der Waals surface area contributed by atoms with Gasteiger partial charge in [0, 0.05) is 32.2 Å². The van der Waals surface area contributed by atoms with E-state index in [2.05, 4.69) is 0 Å². The van der Waals surface area contributed by atoms with Gasteiger partial charge in [-0.05, 0) is 24.8 Å². The van der Waals surface area contributed by atoms with E-state index in [-0.39, 0.29) is 9.77 Å². The van der Waals surface area contributed by atoms with Gasteiger partial charge in [0.25, 0.3) is 10.0 Å². The maximum absolute atomic E-state index is 12.4. The van der Waals surface area contributed by atoms with E-state index in [4.69, 9.17) is 9.84 Å². The van der Waals surface area contributed by atoms with Crippen LogP contribution in [0.2, 0.25) is 0 Å². The molecule has 2 rings (SSSR count). The Balaban J connectivity index is 2.09. The second-order valence-corrected chi connectivity index (χ2v) is 7.84. The number of methoxy groups -OCH3 is 1. The van der Waals surface area contributed by atoms with Crippen molar-refractivity contribution in [2.24, 2.45) is 5.92 Å². The van der Waals surface area contributed by atoms with Crippen LogP contribution in [0.5, 0.6) is 0 Å². The van der Waals surface area contributed by atoms with Gasteiger partial charge in [-0.15, -0.1) is 11.3 Å². The molecule has 1 aliphatic heterocycles. The number of carbonyl (C=O) groups is 1. The lowest BCUT2D eigenvalue weighted by molar-refractivity contribution is 0.0697. The summed E-state index contributed by atoms with van der Waals surface area (Å²) in [5.74, 6) is -0.717. The Hall–Kier alpha value is -0.960. The number of hydrogen-bond donors (Lipinski definition) is 1. The quantitative estimate of drug-likeness (QED) is 0.889. The molecule has 1 N–H and O–H groups in total. The lowest BCUT2D eigenvalue weighted by Crippen LogP contribution is -2.39. The zero-order valence-corrected chi connectivity index (χ0v) is 12.7. The standard InChI is InChI=1S/C12H17NO5S2/c1-18-7-9-2-4-13(5-3-9)20(16,17)11-6-10(8-19-11)12(14)15/h6,8-9H,2-5,7H2,1H3,(H,14,15). The molecule has 0 saturated carbocycles. The predicted molar refractivity (Wildman–Crippen MR) is 74.6 cm³/mol. The van der Waals surface area contributed by atoms with Crippen LogP contribution in [0.15, 0.2) is 15.7 Å². The van der Waals surface area contributed by atoms with Gasteiger partial charge in [0.2, 0.25) is 0 Å². The van der Waals surface area contributed by atoms with E-state index < -0.39 is 16.0 Å². The summed E-state index contributed by atoms with van der Waals surface area (Å²) >= 11 is 0.954. The Morgan fingerprint density at radius 3 is 2.65 bits per heavy atom. The Labute approximate surface area is 122 Å². The second kappa shape index (κ2) is 6.21. The van der Waals surface area contributed by atoms with Crippen LogP contribution in [0.4, 0.5) is 0 Å². The molecule has 20 heavy (non-hydrogen) atoms. The van der Waals surface area contributed by atoms with Gasteiger partial charge in [0.15, 0.2) is 0 Å². The minimum absolute atomic E-state index is 0.0165. The number of nitrogens with zero attached hydrogens (tertiary/aromatic N) is 1. The molecule has 0 bridgehead atoms. The number of thiophene rings is 1. The summed E-state index contributed by atoms with van der Waals surface area (Å²) in [5, 5.41) is 10.2. The van der Waals surface area contributed by atoms with Gasteiger partial charge in [0.05, 0.1) is 5.56 Å². The average molecular weight is 319 g/mol. The van der Waals surface area contributed by atoms with Crippen LogP contribution in [0.1, 0.15) is 23.2 Å². The molecule has 0 aromatic carbocycles. The zero-order valence-electron chi connectivity index (χ0n) is 11.1. The average Bonchev–Trinajstić information content (AvgIpc) is 2.90. The Kier molecular flexibility index (Phi) is 4.79. The second-order valence-electron chi connectivity index (χ2n) is 4.76. The van der Waals surface area contributed by atoms with E-state index >= 15 is 0 Å². The third kappa shape index (κ3) is 3.20. The summed E-state index contributed by atoms with van der Waals surface area (Å²) in [6.07, 6.45) is 1.54. The summed E-state index contributed by atoms with van der Waals surface area (Å²) in [6.45, 7) is 1.56. The minimum Gasteiger partial charge on any atom is -0.478 e. The molecule has 1 saturated heterocycles. The van der Waals surface area contributed by atoms with Crippen molar-refractivity contribution < 1.29 is 23.1 Å². The Morgan fingerprint density at radius 2 is 2.15 bits per heavy atom. The lowest BCUT2D eigenvalue weighted by Gasteiger charge is -2.30. The van der Waals surface area contributed by atoms with Gasteiger partial charge < -0.3 is 9.84 Å². The smallest absolute Gasteiger partial charge is 0.336 e. The molecule has 1 aromatic rings. The first-order valence-corrected chi connectivity index (χ1v) is 8.58. The molecule has 2 heterocycles. The van der Waals surface area contributed by atoms with Crippen LogP contribution in [0, 0.1) is 5.92 Å². The first-order valence-electron chi connectivity index (χ1n) is 6.26. The molecular formula is C12H17NO5S2. The van der Waals surface area contributed by atoms with Crippen molar-refractivity contribution in [3.8, 4) is 0 Å². The molecule has 0 atom stereocenters. The third-order valence-corrected chi connectivity index (χ3v) is 6.71. The van der Waals surface area contributed by atoms with Crippen molar-refractivity contribution in [3.05, 3.63) is 17.0 Å². The van der Waals surface area contributed by atoms with E-state index in [1.807, 2.05) is 0 Å². The highest BCUT2D eigenvalue weighted by Gasteiger charge is 2.30. The summed E-state index contributed by atoms with van der Waals surface area (Å²) in [5.41, 5.74) is 0.0165. The lowest BCUT2D eigenvalue weighted by atomic mass is 9.99. The molecule has 0 unspecified atom stereocenters. The molecule has 0 radical (unpaired) electrons. The number of carboxylic acids is 1. The number of carboxylic acid groups (broad SMARTS) is 1. The van der Waals surface area contributed by atoms with Crippen molar-refractivity contribution in [3.63, 3.8) is 0 Å². The maximum Gasteiger partial charge on any atom is 0.336 e. The monoisotopic (exact) mass is 319 g/mol. The van der Waals surface area contributed by atoms with Gasteiger partial charge >= 0.3 is 5.97 Å². The maximum atomic E-state index is 12.4. The fourth-order valence-corrected chi connectivity index (χ4v) is 5.02. The van der Waals surface area contributed by atoms with Crippen LogP contribution in [-0.4, -0.2) is 50.6 Å². The number of ether oxygens (including phenoxy) is 1. The molecule has 6 nitrogen and oxygen atoms in total. The highest BCUT2D eigenvalue weighted by atomic mass is 32.2. The van der Waals surface area contributed by atoms with Crippen molar-refractivity contribution in [1.82, 2.24) is 4.31 Å². The van der Waals surface area contributed by atoms with Gasteiger partial charge in [-0.2, -0.15) is 4.31 Å². The fraction of sp³-hybridized carbons (Fsp3) is 0.583. The van der Waals surface area contributed by atoms with Gasteiger partial charge in [0.1, 0.15) is 4.21 Å². The SMILES string of the molecule is COCC1CCN(S(=O)(=O)c2cc(C(=O)O)cs2)CC1. The number of hydrogen-bond acceptors (Lipinski definition) is 5. The van der Waals surface area contributed by atoms with Crippen molar-refractivity contribution in [2.45, 2.75) is 17.1 Å². The van der Waals surface area contributed by atoms with E-state index in [0.717, 1.165) is 24.2 Å². The van der Waals surface area contributed by atoms with E-state index in [9.17, 15) is 13.2 Å². The number of piperidine rings is 1. The van der Waals surface area contributed by atoms with Crippen LogP contribution in [0.3, 0.4) is 0 Å². The topological polar surface area (TPSA) is 83.9 Å².